The van der Waals surface area contributed by atoms with Crippen molar-refractivity contribution in [1.29, 1.82) is 0 Å². The highest BCUT2D eigenvalue weighted by atomic mass is 16.5. The van der Waals surface area contributed by atoms with Crippen molar-refractivity contribution in [2.24, 2.45) is 5.92 Å². The van der Waals surface area contributed by atoms with Crippen molar-refractivity contribution in [2.45, 2.75) is 51.2 Å². The number of carboxylic acids is 1. The van der Waals surface area contributed by atoms with E-state index in [-0.39, 0.29) is 18.5 Å². The van der Waals surface area contributed by atoms with Gasteiger partial charge in [-0.05, 0) is 18.8 Å². The molecule has 3 atom stereocenters. The number of nitrogens with zero attached hydrogens (tertiary/aromatic N) is 1. The number of amides is 2. The SMILES string of the molecule is CC1CCCC(NC(=O)N2CCOC(CC(=O)O)C2)C1. The van der Waals surface area contributed by atoms with E-state index >= 15 is 0 Å². The van der Waals surface area contributed by atoms with Crippen molar-refractivity contribution in [3.8, 4) is 0 Å². The van der Waals surface area contributed by atoms with Crippen LogP contribution in [0.5, 0.6) is 0 Å². The number of carbonyl (C=O) groups is 2. The van der Waals surface area contributed by atoms with Crippen LogP contribution in [0.3, 0.4) is 0 Å². The molecule has 0 radical (unpaired) electrons. The van der Waals surface area contributed by atoms with E-state index in [1.807, 2.05) is 0 Å². The highest BCUT2D eigenvalue weighted by Gasteiger charge is 2.28. The number of urea groups is 1. The van der Waals surface area contributed by atoms with Crippen LogP contribution in [0.2, 0.25) is 0 Å². The van der Waals surface area contributed by atoms with Gasteiger partial charge in [-0.1, -0.05) is 19.8 Å². The number of ether oxygens (including phenoxy) is 1. The van der Waals surface area contributed by atoms with E-state index in [0.29, 0.717) is 25.6 Å². The molecule has 0 aromatic carbocycles. The molecule has 1 aliphatic heterocycles. The van der Waals surface area contributed by atoms with Crippen LogP contribution in [0.25, 0.3) is 0 Å². The maximum Gasteiger partial charge on any atom is 0.317 e. The van der Waals surface area contributed by atoms with Crippen LogP contribution < -0.4 is 5.32 Å². The maximum absolute atomic E-state index is 12.2. The third-order valence-electron chi connectivity index (χ3n) is 4.09. The van der Waals surface area contributed by atoms with Gasteiger partial charge in [0.25, 0.3) is 0 Å². The van der Waals surface area contributed by atoms with Gasteiger partial charge in [0.15, 0.2) is 0 Å². The largest absolute Gasteiger partial charge is 0.481 e. The highest BCUT2D eigenvalue weighted by molar-refractivity contribution is 5.75. The number of carbonyl (C=O) groups excluding carboxylic acids is 1. The second-order valence-electron chi connectivity index (χ2n) is 5.95. The lowest BCUT2D eigenvalue weighted by atomic mass is 9.87. The number of aliphatic carboxylic acids is 1. The summed E-state index contributed by atoms with van der Waals surface area (Å²) in [5.41, 5.74) is 0. The number of nitrogens with one attached hydrogen (secondary N) is 1. The Morgan fingerprint density at radius 1 is 1.40 bits per heavy atom. The van der Waals surface area contributed by atoms with Gasteiger partial charge in [-0.25, -0.2) is 4.79 Å². The van der Waals surface area contributed by atoms with Crippen molar-refractivity contribution in [3.63, 3.8) is 0 Å². The lowest BCUT2D eigenvalue weighted by molar-refractivity contribution is -0.141. The van der Waals surface area contributed by atoms with Gasteiger partial charge in [0.1, 0.15) is 0 Å². The summed E-state index contributed by atoms with van der Waals surface area (Å²) >= 11 is 0. The second-order valence-corrected chi connectivity index (χ2v) is 5.95. The molecule has 0 aromatic heterocycles. The van der Waals surface area contributed by atoms with Gasteiger partial charge in [0, 0.05) is 19.1 Å². The summed E-state index contributed by atoms with van der Waals surface area (Å²) in [6.45, 7) is 3.52. The molecule has 1 aliphatic carbocycles. The Bertz CT molecular complexity index is 361. The Kier molecular flexibility index (Phi) is 5.23. The minimum absolute atomic E-state index is 0.0513. The average molecular weight is 284 g/mol. The van der Waals surface area contributed by atoms with Crippen LogP contribution in [0.1, 0.15) is 39.0 Å². The molecule has 2 rings (SSSR count). The van der Waals surface area contributed by atoms with Crippen LogP contribution in [0.15, 0.2) is 0 Å². The summed E-state index contributed by atoms with van der Waals surface area (Å²) in [5.74, 6) is -0.225. The standard InChI is InChI=1S/C14H24N2O4/c1-10-3-2-4-11(7-10)15-14(19)16-5-6-20-12(9-16)8-13(17)18/h10-12H,2-9H2,1H3,(H,15,19)(H,17,18). The van der Waals surface area contributed by atoms with Crippen molar-refractivity contribution in [1.82, 2.24) is 10.2 Å². The van der Waals surface area contributed by atoms with E-state index < -0.39 is 12.1 Å². The smallest absolute Gasteiger partial charge is 0.317 e. The Morgan fingerprint density at radius 3 is 2.90 bits per heavy atom. The lowest BCUT2D eigenvalue weighted by Crippen LogP contribution is -2.52. The van der Waals surface area contributed by atoms with Crippen molar-refractivity contribution < 1.29 is 19.4 Å². The van der Waals surface area contributed by atoms with E-state index in [2.05, 4.69) is 12.2 Å². The van der Waals surface area contributed by atoms with Crippen LogP contribution in [0, 0.1) is 5.92 Å². The number of carboxylic acid groups (broad SMARTS) is 1. The summed E-state index contributed by atoms with van der Waals surface area (Å²) in [4.78, 5) is 24.6. The molecule has 1 saturated carbocycles. The molecule has 0 spiro atoms. The Morgan fingerprint density at radius 2 is 2.20 bits per heavy atom. The van der Waals surface area contributed by atoms with E-state index in [1.165, 1.54) is 6.42 Å². The second kappa shape index (κ2) is 6.92. The monoisotopic (exact) mass is 284 g/mol. The number of hydrogen-bond donors (Lipinski definition) is 2. The zero-order valence-corrected chi connectivity index (χ0v) is 12.0. The van der Waals surface area contributed by atoms with Crippen LogP contribution in [-0.4, -0.2) is 53.8 Å². The van der Waals surface area contributed by atoms with E-state index in [0.717, 1.165) is 19.3 Å². The van der Waals surface area contributed by atoms with Crippen molar-refractivity contribution in [3.05, 3.63) is 0 Å². The molecule has 2 aliphatic rings. The molecular weight excluding hydrogens is 260 g/mol. The quantitative estimate of drug-likeness (QED) is 0.822. The number of rotatable bonds is 3. The van der Waals surface area contributed by atoms with Gasteiger partial charge in [0.2, 0.25) is 0 Å². The predicted molar refractivity (Wildman–Crippen MR) is 73.5 cm³/mol. The summed E-state index contributed by atoms with van der Waals surface area (Å²) in [7, 11) is 0. The van der Waals surface area contributed by atoms with Gasteiger partial charge >= 0.3 is 12.0 Å². The molecule has 0 aromatic rings. The topological polar surface area (TPSA) is 78.9 Å². The molecule has 114 valence electrons. The summed E-state index contributed by atoms with van der Waals surface area (Å²) in [6, 6.07) is 0.176. The first-order chi connectivity index (χ1) is 9.54. The first-order valence-electron chi connectivity index (χ1n) is 7.43. The molecule has 2 N–H and O–H groups in total. The van der Waals surface area contributed by atoms with Gasteiger partial charge in [-0.3, -0.25) is 4.79 Å². The minimum Gasteiger partial charge on any atom is -0.481 e. The predicted octanol–water partition coefficient (Wildman–Crippen LogP) is 1.45. The third-order valence-corrected chi connectivity index (χ3v) is 4.09. The summed E-state index contributed by atoms with van der Waals surface area (Å²) < 4.78 is 5.37. The molecule has 1 heterocycles. The minimum atomic E-state index is -0.890. The fraction of sp³-hybridized carbons (Fsp3) is 0.857. The van der Waals surface area contributed by atoms with Gasteiger partial charge < -0.3 is 20.1 Å². The first kappa shape index (κ1) is 15.1. The van der Waals surface area contributed by atoms with Gasteiger partial charge in [0.05, 0.1) is 19.1 Å². The average Bonchev–Trinajstić information content (AvgIpc) is 2.38. The molecule has 6 nitrogen and oxygen atoms in total. The highest BCUT2D eigenvalue weighted by Crippen LogP contribution is 2.23. The zero-order chi connectivity index (χ0) is 14.5. The fourth-order valence-electron chi connectivity index (χ4n) is 3.05. The number of morpholine rings is 1. The molecule has 1 saturated heterocycles. The van der Waals surface area contributed by atoms with E-state index in [4.69, 9.17) is 9.84 Å². The molecule has 2 fully saturated rings. The van der Waals surface area contributed by atoms with Crippen LogP contribution >= 0.6 is 0 Å². The van der Waals surface area contributed by atoms with Crippen LogP contribution in [-0.2, 0) is 9.53 Å². The lowest BCUT2D eigenvalue weighted by Gasteiger charge is -2.35. The van der Waals surface area contributed by atoms with Crippen molar-refractivity contribution >= 4 is 12.0 Å². The summed E-state index contributed by atoms with van der Waals surface area (Å²) in [5, 5.41) is 11.9. The molecular formula is C14H24N2O4. The van der Waals surface area contributed by atoms with Gasteiger partial charge in [-0.15, -0.1) is 0 Å². The van der Waals surface area contributed by atoms with Crippen LogP contribution in [0.4, 0.5) is 4.79 Å². The third kappa shape index (κ3) is 4.37. The molecule has 2 amide bonds. The molecule has 3 unspecified atom stereocenters. The van der Waals surface area contributed by atoms with E-state index in [1.54, 1.807) is 4.90 Å². The number of hydrogen-bond acceptors (Lipinski definition) is 3. The maximum atomic E-state index is 12.2. The Hall–Kier alpha value is -1.30. The zero-order valence-electron chi connectivity index (χ0n) is 12.0. The van der Waals surface area contributed by atoms with Gasteiger partial charge in [-0.2, -0.15) is 0 Å². The molecule has 6 heteroatoms. The summed E-state index contributed by atoms with van der Waals surface area (Å²) in [6.07, 6.45) is 4.04. The molecule has 0 bridgehead atoms. The first-order valence-corrected chi connectivity index (χ1v) is 7.43. The normalized spacial score (nSPS) is 30.9. The Balaban J connectivity index is 1.80. The fourth-order valence-corrected chi connectivity index (χ4v) is 3.05. The Labute approximate surface area is 119 Å². The van der Waals surface area contributed by atoms with Crippen molar-refractivity contribution in [2.75, 3.05) is 19.7 Å². The van der Waals surface area contributed by atoms with E-state index in [9.17, 15) is 9.59 Å². The molecule has 20 heavy (non-hydrogen) atoms.